The molecule has 0 heteroatoms. The highest BCUT2D eigenvalue weighted by atomic mass is 14.6. The fourth-order valence-electron chi connectivity index (χ4n) is 6.93. The van der Waals surface area contributed by atoms with Crippen LogP contribution in [0.1, 0.15) is 83.5 Å². The van der Waals surface area contributed by atoms with Crippen molar-refractivity contribution < 1.29 is 0 Å². The van der Waals surface area contributed by atoms with Crippen LogP contribution in [-0.4, -0.2) is 0 Å². The van der Waals surface area contributed by atoms with Crippen molar-refractivity contribution in [1.82, 2.24) is 0 Å². The van der Waals surface area contributed by atoms with Crippen LogP contribution in [0.4, 0.5) is 0 Å². The summed E-state index contributed by atoms with van der Waals surface area (Å²) in [6.07, 6.45) is 20.5. The third kappa shape index (κ3) is 2.18. The van der Waals surface area contributed by atoms with E-state index in [0.29, 0.717) is 0 Å². The Hall–Kier alpha value is 0. The summed E-state index contributed by atoms with van der Waals surface area (Å²) >= 11 is 0. The molecule has 0 aromatic rings. The van der Waals surface area contributed by atoms with Gasteiger partial charge in [0, 0.05) is 0 Å². The molecule has 0 aliphatic heterocycles. The molecule has 4 rings (SSSR count). The van der Waals surface area contributed by atoms with Gasteiger partial charge in [0.2, 0.25) is 0 Å². The number of rotatable bonds is 0. The second-order valence-electron chi connectivity index (χ2n) is 8.19. The number of hydrogen-bond acceptors (Lipinski definition) is 0. The summed E-state index contributed by atoms with van der Waals surface area (Å²) in [5.41, 5.74) is 0. The Balaban J connectivity index is 1.64. The summed E-state index contributed by atoms with van der Waals surface area (Å²) in [5, 5.41) is 0. The first-order valence-electron chi connectivity index (χ1n) is 9.45. The highest BCUT2D eigenvalue weighted by molar-refractivity contribution is 4.99. The monoisotopic (exact) mass is 260 g/mol. The van der Waals surface area contributed by atoms with Gasteiger partial charge in [-0.1, -0.05) is 44.9 Å². The molecule has 0 aromatic carbocycles. The SMILES string of the molecule is C1CCC2C(CC1)C1CCCCC1C1CCCCC21. The quantitative estimate of drug-likeness (QED) is 0.515. The third-order valence-electron chi connectivity index (χ3n) is 7.52. The molecule has 4 saturated carbocycles. The Labute approximate surface area is 119 Å². The molecule has 0 amide bonds. The Morgan fingerprint density at radius 3 is 0.737 bits per heavy atom. The lowest BCUT2D eigenvalue weighted by molar-refractivity contribution is -0.0642. The van der Waals surface area contributed by atoms with Gasteiger partial charge < -0.3 is 0 Å². The Kier molecular flexibility index (Phi) is 3.62. The molecule has 0 aromatic heterocycles. The molecule has 0 nitrogen and oxygen atoms in total. The topological polar surface area (TPSA) is 0 Å². The van der Waals surface area contributed by atoms with Crippen LogP contribution in [-0.2, 0) is 0 Å². The smallest absolute Gasteiger partial charge is 0.0352 e. The lowest BCUT2D eigenvalue weighted by Crippen LogP contribution is -2.48. The van der Waals surface area contributed by atoms with E-state index in [4.69, 9.17) is 0 Å². The van der Waals surface area contributed by atoms with E-state index in [2.05, 4.69) is 0 Å². The van der Waals surface area contributed by atoms with Crippen molar-refractivity contribution in [3.8, 4) is 0 Å². The molecule has 0 heterocycles. The van der Waals surface area contributed by atoms with Gasteiger partial charge >= 0.3 is 0 Å². The van der Waals surface area contributed by atoms with Gasteiger partial charge in [0.25, 0.3) is 0 Å². The average Bonchev–Trinajstić information content (AvgIpc) is 2.73. The van der Waals surface area contributed by atoms with Crippen LogP contribution in [0.25, 0.3) is 0 Å². The van der Waals surface area contributed by atoms with E-state index < -0.39 is 0 Å². The van der Waals surface area contributed by atoms with E-state index in [1.807, 2.05) is 0 Å². The van der Waals surface area contributed by atoms with Gasteiger partial charge in [0.05, 0.1) is 0 Å². The first-order chi connectivity index (χ1) is 9.45. The number of fused-ring (bicyclic) bond motifs is 6. The van der Waals surface area contributed by atoms with Crippen molar-refractivity contribution in [2.45, 2.75) is 83.5 Å². The van der Waals surface area contributed by atoms with E-state index in [9.17, 15) is 0 Å². The van der Waals surface area contributed by atoms with Gasteiger partial charge in [-0.25, -0.2) is 0 Å². The lowest BCUT2D eigenvalue weighted by atomic mass is 9.50. The van der Waals surface area contributed by atoms with Crippen LogP contribution in [0.5, 0.6) is 0 Å². The molecule has 0 radical (unpaired) electrons. The summed E-state index contributed by atoms with van der Waals surface area (Å²) in [5.74, 6) is 6.98. The van der Waals surface area contributed by atoms with Crippen LogP contribution in [0, 0.1) is 35.5 Å². The molecule has 4 fully saturated rings. The molecule has 0 spiro atoms. The fourth-order valence-corrected chi connectivity index (χ4v) is 6.93. The lowest BCUT2D eigenvalue weighted by Gasteiger charge is -2.55. The number of hydrogen-bond donors (Lipinski definition) is 0. The minimum Gasteiger partial charge on any atom is -0.0533 e. The van der Waals surface area contributed by atoms with Crippen LogP contribution >= 0.6 is 0 Å². The highest BCUT2D eigenvalue weighted by Gasteiger charge is 2.50. The average molecular weight is 260 g/mol. The highest BCUT2D eigenvalue weighted by Crippen LogP contribution is 2.58. The van der Waals surface area contributed by atoms with Crippen molar-refractivity contribution in [3.63, 3.8) is 0 Å². The van der Waals surface area contributed by atoms with Gasteiger partial charge in [-0.2, -0.15) is 0 Å². The Morgan fingerprint density at radius 2 is 0.474 bits per heavy atom. The van der Waals surface area contributed by atoms with Gasteiger partial charge in [-0.05, 0) is 74.0 Å². The second kappa shape index (κ2) is 5.41. The van der Waals surface area contributed by atoms with Gasteiger partial charge in [0.15, 0.2) is 0 Å². The maximum Gasteiger partial charge on any atom is -0.0352 e. The summed E-state index contributed by atoms with van der Waals surface area (Å²) in [7, 11) is 0. The van der Waals surface area contributed by atoms with Crippen molar-refractivity contribution in [3.05, 3.63) is 0 Å². The Morgan fingerprint density at radius 1 is 0.263 bits per heavy atom. The molecule has 0 N–H and O–H groups in total. The van der Waals surface area contributed by atoms with Crippen LogP contribution < -0.4 is 0 Å². The largest absolute Gasteiger partial charge is 0.0533 e. The first-order valence-corrected chi connectivity index (χ1v) is 9.45. The first kappa shape index (κ1) is 12.7. The predicted molar refractivity (Wildman–Crippen MR) is 81.0 cm³/mol. The molecule has 4 aliphatic rings. The molecule has 6 unspecified atom stereocenters. The predicted octanol–water partition coefficient (Wildman–Crippen LogP) is 5.81. The van der Waals surface area contributed by atoms with Crippen LogP contribution in [0.15, 0.2) is 0 Å². The van der Waals surface area contributed by atoms with E-state index >= 15 is 0 Å². The standard InChI is InChI=1S/C19H32/c1-2-8-14-15(9-3-1)17-11-5-7-13-19(17)18-12-6-4-10-16(14)18/h14-19H,1-13H2. The molecule has 0 bridgehead atoms. The molecular formula is C19H32. The van der Waals surface area contributed by atoms with Crippen molar-refractivity contribution >= 4 is 0 Å². The van der Waals surface area contributed by atoms with Crippen molar-refractivity contribution in [2.75, 3.05) is 0 Å². The minimum absolute atomic E-state index is 1.16. The maximum atomic E-state index is 1.61. The summed E-state index contributed by atoms with van der Waals surface area (Å²) < 4.78 is 0. The van der Waals surface area contributed by atoms with E-state index in [-0.39, 0.29) is 0 Å². The summed E-state index contributed by atoms with van der Waals surface area (Å²) in [6.45, 7) is 0. The summed E-state index contributed by atoms with van der Waals surface area (Å²) in [4.78, 5) is 0. The van der Waals surface area contributed by atoms with E-state index in [1.54, 1.807) is 83.5 Å². The maximum absolute atomic E-state index is 1.61. The van der Waals surface area contributed by atoms with Gasteiger partial charge in [-0.15, -0.1) is 0 Å². The van der Waals surface area contributed by atoms with Crippen LogP contribution in [0.2, 0.25) is 0 Å². The molecule has 0 saturated heterocycles. The van der Waals surface area contributed by atoms with E-state index in [0.717, 1.165) is 23.7 Å². The summed E-state index contributed by atoms with van der Waals surface area (Å²) in [6, 6.07) is 0. The normalized spacial score (nSPS) is 50.5. The molecule has 19 heavy (non-hydrogen) atoms. The van der Waals surface area contributed by atoms with Gasteiger partial charge in [0.1, 0.15) is 0 Å². The zero-order valence-electron chi connectivity index (χ0n) is 12.7. The molecule has 6 atom stereocenters. The fraction of sp³-hybridized carbons (Fsp3) is 1.00. The second-order valence-corrected chi connectivity index (χ2v) is 8.19. The molecular weight excluding hydrogens is 228 g/mol. The Bertz CT molecular complexity index is 277. The third-order valence-corrected chi connectivity index (χ3v) is 7.52. The van der Waals surface area contributed by atoms with Crippen molar-refractivity contribution in [2.24, 2.45) is 35.5 Å². The molecule has 4 aliphatic carbocycles. The zero-order valence-corrected chi connectivity index (χ0v) is 12.7. The zero-order chi connectivity index (χ0) is 12.7. The molecule has 108 valence electrons. The van der Waals surface area contributed by atoms with Crippen LogP contribution in [0.3, 0.4) is 0 Å². The minimum atomic E-state index is 1.16. The van der Waals surface area contributed by atoms with Gasteiger partial charge in [-0.3, -0.25) is 0 Å². The van der Waals surface area contributed by atoms with E-state index in [1.165, 1.54) is 11.8 Å². The van der Waals surface area contributed by atoms with Crippen molar-refractivity contribution in [1.29, 1.82) is 0 Å².